The fraction of sp³-hybridized carbons (Fsp3) is 0.571. The molecule has 0 aromatic carbocycles. The van der Waals surface area contributed by atoms with E-state index in [0.717, 1.165) is 13.2 Å². The molecule has 4 atom stereocenters. The molecule has 4 unspecified atom stereocenters. The molecule has 1 fully saturated rings. The molecular formula is C14H19NO6. The van der Waals surface area contributed by atoms with E-state index in [0.29, 0.717) is 11.5 Å². The minimum Gasteiger partial charge on any atom is -0.386 e. The van der Waals surface area contributed by atoms with Gasteiger partial charge in [-0.3, -0.25) is 14.4 Å². The first-order chi connectivity index (χ1) is 9.76. The number of allylic oxidation sites excluding steroid dienone is 2. The van der Waals surface area contributed by atoms with Gasteiger partial charge in [-0.2, -0.15) is 5.06 Å². The number of hydrogen-bond donors (Lipinski definition) is 3. The number of hydroxylamine groups is 2. The van der Waals surface area contributed by atoms with Gasteiger partial charge in [0.25, 0.3) is 5.91 Å². The molecule has 7 nitrogen and oxygen atoms in total. The predicted molar refractivity (Wildman–Crippen MR) is 71.4 cm³/mol. The Morgan fingerprint density at radius 2 is 2.00 bits per heavy atom. The van der Waals surface area contributed by atoms with Crippen LogP contribution in [0.3, 0.4) is 0 Å². The lowest BCUT2D eigenvalue weighted by Gasteiger charge is -2.38. The molecule has 1 aliphatic carbocycles. The van der Waals surface area contributed by atoms with Gasteiger partial charge in [0.05, 0.1) is 7.11 Å². The van der Waals surface area contributed by atoms with Crippen molar-refractivity contribution < 1.29 is 29.7 Å². The summed E-state index contributed by atoms with van der Waals surface area (Å²) in [7, 11) is 1.16. The van der Waals surface area contributed by atoms with Gasteiger partial charge in [0.15, 0.2) is 11.5 Å². The second-order valence-corrected chi connectivity index (χ2v) is 5.35. The molecule has 116 valence electrons. The Kier molecular flexibility index (Phi) is 3.79. The second kappa shape index (κ2) is 5.03. The van der Waals surface area contributed by atoms with E-state index in [1.807, 2.05) is 6.92 Å². The minimum absolute atomic E-state index is 0.287. The van der Waals surface area contributed by atoms with Crippen LogP contribution in [0.1, 0.15) is 20.3 Å². The lowest BCUT2D eigenvalue weighted by atomic mass is 9.66. The summed E-state index contributed by atoms with van der Waals surface area (Å²) < 4.78 is 0. The van der Waals surface area contributed by atoms with E-state index in [9.17, 15) is 24.9 Å². The van der Waals surface area contributed by atoms with E-state index >= 15 is 0 Å². The van der Waals surface area contributed by atoms with Crippen LogP contribution in [0.5, 0.6) is 0 Å². The maximum absolute atomic E-state index is 12.7. The smallest absolute Gasteiger partial charge is 0.265 e. The molecule has 7 heteroatoms. The second-order valence-electron chi connectivity index (χ2n) is 5.35. The number of amides is 1. The lowest BCUT2D eigenvalue weighted by molar-refractivity contribution is -0.262. The fourth-order valence-electron chi connectivity index (χ4n) is 3.09. The summed E-state index contributed by atoms with van der Waals surface area (Å²) in [5.41, 5.74) is -3.73. The van der Waals surface area contributed by atoms with Gasteiger partial charge in [-0.05, 0) is 25.0 Å². The van der Waals surface area contributed by atoms with Gasteiger partial charge < -0.3 is 15.3 Å². The molecule has 1 heterocycles. The molecule has 1 amide bonds. The summed E-state index contributed by atoms with van der Waals surface area (Å²) in [5, 5.41) is 31.8. The molecule has 0 saturated carbocycles. The average molecular weight is 297 g/mol. The van der Waals surface area contributed by atoms with Crippen molar-refractivity contribution in [2.45, 2.75) is 38.2 Å². The number of carbonyl (C=O) groups is 2. The van der Waals surface area contributed by atoms with Crippen LogP contribution in [0.2, 0.25) is 0 Å². The zero-order valence-corrected chi connectivity index (χ0v) is 12.1. The van der Waals surface area contributed by atoms with Gasteiger partial charge in [0, 0.05) is 0 Å². The van der Waals surface area contributed by atoms with Crippen molar-refractivity contribution in [3.8, 4) is 0 Å². The lowest BCUT2D eigenvalue weighted by Crippen LogP contribution is -2.56. The van der Waals surface area contributed by atoms with Gasteiger partial charge >= 0.3 is 0 Å². The van der Waals surface area contributed by atoms with Crippen LogP contribution in [-0.2, 0) is 14.4 Å². The van der Waals surface area contributed by atoms with Crippen molar-refractivity contribution >= 4 is 11.7 Å². The number of carbonyl (C=O) groups excluding carboxylic acids is 2. The highest BCUT2D eigenvalue weighted by Crippen LogP contribution is 2.51. The molecule has 1 saturated heterocycles. The molecule has 1 spiro atoms. The standard InChI is InChI=1S/C14H19NO6/c1-4-5-8-6-7-9(16)10(17)14(8)11(18)13(2,20)15(21-3)12(14)19/h5-7,10-11,17-18,20H,4H2,1-3H3. The van der Waals surface area contributed by atoms with Crippen LogP contribution < -0.4 is 0 Å². The van der Waals surface area contributed by atoms with Crippen LogP contribution in [0.15, 0.2) is 23.8 Å². The van der Waals surface area contributed by atoms with Crippen molar-refractivity contribution in [3.63, 3.8) is 0 Å². The third-order valence-electron chi connectivity index (χ3n) is 4.11. The first kappa shape index (κ1) is 15.8. The third kappa shape index (κ3) is 1.82. The highest BCUT2D eigenvalue weighted by atomic mass is 16.7. The van der Waals surface area contributed by atoms with Gasteiger partial charge in [0.2, 0.25) is 0 Å². The average Bonchev–Trinajstić information content (AvgIpc) is 2.57. The van der Waals surface area contributed by atoms with Crippen molar-refractivity contribution in [2.24, 2.45) is 5.41 Å². The highest BCUT2D eigenvalue weighted by molar-refractivity contribution is 6.04. The highest BCUT2D eigenvalue weighted by Gasteiger charge is 2.71. The molecule has 2 rings (SSSR count). The van der Waals surface area contributed by atoms with Gasteiger partial charge in [0.1, 0.15) is 17.6 Å². The summed E-state index contributed by atoms with van der Waals surface area (Å²) in [6, 6.07) is 0. The van der Waals surface area contributed by atoms with E-state index in [1.165, 1.54) is 13.0 Å². The molecule has 21 heavy (non-hydrogen) atoms. The molecule has 0 bridgehead atoms. The number of nitrogens with zero attached hydrogens (tertiary/aromatic N) is 1. The summed E-state index contributed by atoms with van der Waals surface area (Å²) in [4.78, 5) is 29.4. The van der Waals surface area contributed by atoms with Crippen molar-refractivity contribution in [1.82, 2.24) is 5.06 Å². The molecule has 2 aliphatic rings. The summed E-state index contributed by atoms with van der Waals surface area (Å²) in [6.45, 7) is 3.00. The fourth-order valence-corrected chi connectivity index (χ4v) is 3.09. The van der Waals surface area contributed by atoms with Crippen molar-refractivity contribution in [2.75, 3.05) is 7.11 Å². The monoisotopic (exact) mass is 297 g/mol. The van der Waals surface area contributed by atoms with Crippen LogP contribution >= 0.6 is 0 Å². The minimum atomic E-state index is -2.06. The Bertz CT molecular complexity index is 538. The van der Waals surface area contributed by atoms with Gasteiger partial charge in [-0.15, -0.1) is 0 Å². The Labute approximate surface area is 122 Å². The summed E-state index contributed by atoms with van der Waals surface area (Å²) >= 11 is 0. The van der Waals surface area contributed by atoms with E-state index in [-0.39, 0.29) is 5.57 Å². The van der Waals surface area contributed by atoms with Crippen LogP contribution in [0.25, 0.3) is 0 Å². The zero-order chi connectivity index (χ0) is 16.0. The third-order valence-corrected chi connectivity index (χ3v) is 4.11. The van der Waals surface area contributed by atoms with Crippen LogP contribution in [-0.4, -0.2) is 57.1 Å². The molecule has 3 N–H and O–H groups in total. The Morgan fingerprint density at radius 1 is 1.38 bits per heavy atom. The van der Waals surface area contributed by atoms with E-state index < -0.39 is 35.0 Å². The first-order valence-corrected chi connectivity index (χ1v) is 6.66. The molecule has 0 aromatic heterocycles. The van der Waals surface area contributed by atoms with Crippen LogP contribution in [0.4, 0.5) is 0 Å². The van der Waals surface area contributed by atoms with Gasteiger partial charge in [-0.1, -0.05) is 19.1 Å². The number of aliphatic hydroxyl groups is 3. The Hall–Kier alpha value is -1.54. The van der Waals surface area contributed by atoms with Crippen LogP contribution in [0, 0.1) is 5.41 Å². The normalized spacial score (nSPS) is 41.6. The van der Waals surface area contributed by atoms with Gasteiger partial charge in [-0.25, -0.2) is 0 Å². The van der Waals surface area contributed by atoms with Crippen molar-refractivity contribution in [1.29, 1.82) is 0 Å². The molecule has 1 aliphatic heterocycles. The topological polar surface area (TPSA) is 107 Å². The summed E-state index contributed by atoms with van der Waals surface area (Å²) in [6.07, 6.45) is 1.19. The Morgan fingerprint density at radius 3 is 2.48 bits per heavy atom. The van der Waals surface area contributed by atoms with E-state index in [2.05, 4.69) is 0 Å². The zero-order valence-electron chi connectivity index (χ0n) is 12.1. The number of hydrogen-bond acceptors (Lipinski definition) is 6. The molecule has 0 radical (unpaired) electrons. The number of aliphatic hydroxyl groups excluding tert-OH is 2. The maximum Gasteiger partial charge on any atom is 0.265 e. The quantitative estimate of drug-likeness (QED) is 0.621. The SMILES string of the molecule is CCC=C1C=CC(=O)C(O)C12C(=O)N(OC)C(C)(O)C2O. The maximum atomic E-state index is 12.7. The predicted octanol–water partition coefficient (Wildman–Crippen LogP) is -0.718. The molecular weight excluding hydrogens is 278 g/mol. The number of ketones is 1. The Balaban J connectivity index is 2.72. The summed E-state index contributed by atoms with van der Waals surface area (Å²) in [5.74, 6) is -1.56. The largest absolute Gasteiger partial charge is 0.386 e. The number of rotatable bonds is 2. The molecule has 0 aromatic rings. The van der Waals surface area contributed by atoms with E-state index in [1.54, 1.807) is 6.08 Å². The van der Waals surface area contributed by atoms with Crippen molar-refractivity contribution in [3.05, 3.63) is 23.8 Å². The van der Waals surface area contributed by atoms with E-state index in [4.69, 9.17) is 4.84 Å². The first-order valence-electron chi connectivity index (χ1n) is 6.66.